The van der Waals surface area contributed by atoms with Gasteiger partial charge in [-0.25, -0.2) is 4.98 Å². The van der Waals surface area contributed by atoms with Gasteiger partial charge in [0.05, 0.1) is 6.54 Å². The smallest absolute Gasteiger partial charge is 0.255 e. The number of halogens is 1. The van der Waals surface area contributed by atoms with Crippen molar-refractivity contribution in [3.63, 3.8) is 0 Å². The minimum Gasteiger partial charge on any atom is -0.322 e. The van der Waals surface area contributed by atoms with Crippen molar-refractivity contribution >= 4 is 29.3 Å². The molecular formula is C12H10ClN3O3. The molecule has 3 rings (SSSR count). The molecule has 1 unspecified atom stereocenters. The van der Waals surface area contributed by atoms with Gasteiger partial charge in [0.15, 0.2) is 0 Å². The first-order chi connectivity index (χ1) is 9.08. The lowest BCUT2D eigenvalue weighted by atomic mass is 10.0. The van der Waals surface area contributed by atoms with Crippen LogP contribution >= 0.6 is 11.6 Å². The van der Waals surface area contributed by atoms with Gasteiger partial charge in [-0.3, -0.25) is 19.7 Å². The molecule has 98 valence electrons. The van der Waals surface area contributed by atoms with Gasteiger partial charge in [0.2, 0.25) is 11.8 Å². The summed E-state index contributed by atoms with van der Waals surface area (Å²) in [5, 5.41) is 2.53. The zero-order valence-corrected chi connectivity index (χ0v) is 10.6. The molecule has 1 aromatic rings. The summed E-state index contributed by atoms with van der Waals surface area (Å²) in [7, 11) is 0. The Morgan fingerprint density at radius 2 is 2.16 bits per heavy atom. The summed E-state index contributed by atoms with van der Waals surface area (Å²) >= 11 is 5.95. The molecule has 1 saturated heterocycles. The molecule has 0 radical (unpaired) electrons. The first-order valence-electron chi connectivity index (χ1n) is 5.86. The average molecular weight is 280 g/mol. The summed E-state index contributed by atoms with van der Waals surface area (Å²) in [6, 6.07) is 0.976. The molecule has 2 aliphatic heterocycles. The number of amides is 3. The highest BCUT2D eigenvalue weighted by atomic mass is 35.5. The number of pyridine rings is 1. The third-order valence-corrected chi connectivity index (χ3v) is 3.73. The molecule has 0 spiro atoms. The van der Waals surface area contributed by atoms with Gasteiger partial charge >= 0.3 is 0 Å². The SMILES string of the molecule is O=C1CCC(N2Cc3c(ccnc3Cl)C2=O)C(=O)N1. The van der Waals surface area contributed by atoms with Crippen LogP contribution < -0.4 is 5.32 Å². The van der Waals surface area contributed by atoms with Crippen LogP contribution in [-0.4, -0.2) is 33.6 Å². The number of hydrogen-bond acceptors (Lipinski definition) is 4. The molecule has 0 bridgehead atoms. The van der Waals surface area contributed by atoms with Crippen molar-refractivity contribution in [2.45, 2.75) is 25.4 Å². The molecule has 6 nitrogen and oxygen atoms in total. The standard InChI is InChI=1S/C12H10ClN3O3/c13-10-7-5-16(12(19)6(7)3-4-14-10)8-1-2-9(17)15-11(8)18/h3-4,8H,1-2,5H2,(H,15,17,18). The minimum atomic E-state index is -0.617. The minimum absolute atomic E-state index is 0.239. The lowest BCUT2D eigenvalue weighted by molar-refractivity contribution is -0.136. The summed E-state index contributed by atoms with van der Waals surface area (Å²) in [6.45, 7) is 0.257. The third kappa shape index (κ3) is 1.88. The van der Waals surface area contributed by atoms with E-state index in [2.05, 4.69) is 10.3 Å². The van der Waals surface area contributed by atoms with Crippen molar-refractivity contribution in [1.82, 2.24) is 15.2 Å². The monoisotopic (exact) mass is 279 g/mol. The lowest BCUT2D eigenvalue weighted by Crippen LogP contribution is -2.52. The molecule has 2 aliphatic rings. The summed E-state index contributed by atoms with van der Waals surface area (Å²) in [4.78, 5) is 40.5. The maximum absolute atomic E-state index is 12.2. The molecule has 1 aromatic heterocycles. The first-order valence-corrected chi connectivity index (χ1v) is 6.24. The predicted octanol–water partition coefficient (Wildman–Crippen LogP) is 0.496. The summed E-state index contributed by atoms with van der Waals surface area (Å²) < 4.78 is 0. The van der Waals surface area contributed by atoms with Crippen LogP contribution in [0, 0.1) is 0 Å². The van der Waals surface area contributed by atoms with Crippen LogP contribution in [0.25, 0.3) is 0 Å². The third-order valence-electron chi connectivity index (χ3n) is 3.41. The number of carbonyl (C=O) groups excluding carboxylic acids is 3. The van der Waals surface area contributed by atoms with Gasteiger partial charge in [-0.2, -0.15) is 0 Å². The van der Waals surface area contributed by atoms with Gasteiger partial charge in [-0.1, -0.05) is 11.6 Å². The molecule has 3 heterocycles. The number of imide groups is 1. The fourth-order valence-corrected chi connectivity index (χ4v) is 2.66. The van der Waals surface area contributed by atoms with Crippen molar-refractivity contribution in [3.05, 3.63) is 28.5 Å². The normalized spacial score (nSPS) is 22.5. The van der Waals surface area contributed by atoms with Gasteiger partial charge in [0, 0.05) is 23.7 Å². The second-order valence-corrected chi connectivity index (χ2v) is 4.89. The van der Waals surface area contributed by atoms with E-state index in [1.165, 1.54) is 11.1 Å². The second-order valence-electron chi connectivity index (χ2n) is 4.53. The highest BCUT2D eigenvalue weighted by Crippen LogP contribution is 2.30. The maximum atomic E-state index is 12.2. The second kappa shape index (κ2) is 4.31. The summed E-state index contributed by atoms with van der Waals surface area (Å²) in [5.41, 5.74) is 1.11. The van der Waals surface area contributed by atoms with Crippen molar-refractivity contribution in [1.29, 1.82) is 0 Å². The maximum Gasteiger partial charge on any atom is 0.255 e. The van der Waals surface area contributed by atoms with E-state index >= 15 is 0 Å². The van der Waals surface area contributed by atoms with Gasteiger partial charge in [-0.05, 0) is 12.5 Å². The number of nitrogens with one attached hydrogen (secondary N) is 1. The van der Waals surface area contributed by atoms with Gasteiger partial charge < -0.3 is 4.90 Å². The van der Waals surface area contributed by atoms with Crippen LogP contribution in [0.5, 0.6) is 0 Å². The van der Waals surface area contributed by atoms with Crippen LogP contribution in [0.3, 0.4) is 0 Å². The fraction of sp³-hybridized carbons (Fsp3) is 0.333. The predicted molar refractivity (Wildman–Crippen MR) is 65.3 cm³/mol. The van der Waals surface area contributed by atoms with Crippen molar-refractivity contribution < 1.29 is 14.4 Å². The molecule has 1 atom stereocenters. The van der Waals surface area contributed by atoms with Crippen molar-refractivity contribution in [3.8, 4) is 0 Å². The number of piperidine rings is 1. The van der Waals surface area contributed by atoms with Crippen LogP contribution in [0.1, 0.15) is 28.8 Å². The van der Waals surface area contributed by atoms with Crippen LogP contribution in [0.4, 0.5) is 0 Å². The van der Waals surface area contributed by atoms with E-state index in [1.54, 1.807) is 6.07 Å². The van der Waals surface area contributed by atoms with Crippen molar-refractivity contribution in [2.24, 2.45) is 0 Å². The van der Waals surface area contributed by atoms with E-state index < -0.39 is 11.9 Å². The summed E-state index contributed by atoms with van der Waals surface area (Å²) in [6.07, 6.45) is 2.05. The molecule has 3 amide bonds. The quantitative estimate of drug-likeness (QED) is 0.599. The topological polar surface area (TPSA) is 79.4 Å². The number of hydrogen-bond donors (Lipinski definition) is 1. The molecule has 19 heavy (non-hydrogen) atoms. The zero-order valence-electron chi connectivity index (χ0n) is 9.85. The van der Waals surface area contributed by atoms with E-state index in [0.717, 1.165) is 0 Å². The first kappa shape index (κ1) is 12.1. The Morgan fingerprint density at radius 3 is 2.84 bits per heavy atom. The van der Waals surface area contributed by atoms with Gasteiger partial charge in [-0.15, -0.1) is 0 Å². The molecule has 0 saturated carbocycles. The Balaban J connectivity index is 1.90. The molecule has 7 heteroatoms. The number of aromatic nitrogens is 1. The Morgan fingerprint density at radius 1 is 1.37 bits per heavy atom. The molecule has 1 N–H and O–H groups in total. The molecule has 0 aliphatic carbocycles. The highest BCUT2D eigenvalue weighted by Gasteiger charge is 2.39. The number of carbonyl (C=O) groups is 3. The van der Waals surface area contributed by atoms with Gasteiger partial charge in [0.1, 0.15) is 11.2 Å². The number of fused-ring (bicyclic) bond motifs is 1. The largest absolute Gasteiger partial charge is 0.322 e. The Kier molecular flexibility index (Phi) is 2.74. The van der Waals surface area contributed by atoms with Crippen molar-refractivity contribution in [2.75, 3.05) is 0 Å². The van der Waals surface area contributed by atoms with E-state index in [0.29, 0.717) is 17.5 Å². The number of nitrogens with zero attached hydrogens (tertiary/aromatic N) is 2. The summed E-state index contributed by atoms with van der Waals surface area (Å²) in [5.74, 6) is -0.972. The number of rotatable bonds is 1. The molecule has 0 aromatic carbocycles. The lowest BCUT2D eigenvalue weighted by Gasteiger charge is -2.29. The highest BCUT2D eigenvalue weighted by molar-refractivity contribution is 6.31. The van der Waals surface area contributed by atoms with E-state index in [4.69, 9.17) is 11.6 Å². The fourth-order valence-electron chi connectivity index (χ4n) is 2.45. The van der Waals surface area contributed by atoms with E-state index in [1.807, 2.05) is 0 Å². The Bertz CT molecular complexity index is 602. The van der Waals surface area contributed by atoms with Gasteiger partial charge in [0.25, 0.3) is 5.91 Å². The van der Waals surface area contributed by atoms with E-state index in [-0.39, 0.29) is 29.9 Å². The zero-order chi connectivity index (χ0) is 13.6. The van der Waals surface area contributed by atoms with Crippen LogP contribution in [0.15, 0.2) is 12.3 Å². The van der Waals surface area contributed by atoms with Crippen LogP contribution in [0.2, 0.25) is 5.15 Å². The average Bonchev–Trinajstić information content (AvgIpc) is 2.69. The van der Waals surface area contributed by atoms with Crippen LogP contribution in [-0.2, 0) is 16.1 Å². The Hall–Kier alpha value is -1.95. The molecular weight excluding hydrogens is 270 g/mol. The Labute approximate surface area is 113 Å². The van der Waals surface area contributed by atoms with E-state index in [9.17, 15) is 14.4 Å². The molecule has 1 fully saturated rings.